The summed E-state index contributed by atoms with van der Waals surface area (Å²) in [5.74, 6) is 5.57. The van der Waals surface area contributed by atoms with E-state index in [2.05, 4.69) is 0 Å². The minimum Gasteiger partial charge on any atom is -0.493 e. The number of nitrogens with one attached hydrogen (secondary N) is 1. The predicted molar refractivity (Wildman–Crippen MR) is 61.5 cm³/mol. The molecule has 0 saturated carbocycles. The van der Waals surface area contributed by atoms with Crippen LogP contribution in [0, 0.1) is 0 Å². The molecule has 1 atom stereocenters. The summed E-state index contributed by atoms with van der Waals surface area (Å²) >= 11 is 0. The van der Waals surface area contributed by atoms with E-state index in [1.807, 2.05) is 5.43 Å². The van der Waals surface area contributed by atoms with Gasteiger partial charge in [0.2, 0.25) is 5.91 Å². The average Bonchev–Trinajstić information content (AvgIpc) is 2.37. The van der Waals surface area contributed by atoms with E-state index in [0.717, 1.165) is 0 Å². The molecule has 0 saturated heterocycles. The number of ether oxygens (including phenoxy) is 2. The topological polar surface area (TPSA) is 93.8 Å². The first-order valence-corrected chi connectivity index (χ1v) is 5.01. The van der Waals surface area contributed by atoms with E-state index < -0.39 is 12.0 Å². The molecule has 1 amide bonds. The van der Waals surface area contributed by atoms with Crippen LogP contribution in [0.1, 0.15) is 18.1 Å². The van der Waals surface area contributed by atoms with Crippen LogP contribution in [-0.4, -0.2) is 25.2 Å². The fourth-order valence-corrected chi connectivity index (χ4v) is 1.41. The molecule has 0 aliphatic rings. The van der Waals surface area contributed by atoms with Gasteiger partial charge in [-0.15, -0.1) is 0 Å². The number of benzene rings is 1. The lowest BCUT2D eigenvalue weighted by Gasteiger charge is -2.13. The van der Waals surface area contributed by atoms with Crippen molar-refractivity contribution >= 4 is 5.91 Å². The molecule has 0 spiro atoms. The summed E-state index contributed by atoms with van der Waals surface area (Å²) in [6, 6.07) is 4.95. The second kappa shape index (κ2) is 6.07. The monoisotopic (exact) mass is 240 g/mol. The number of aliphatic hydroxyl groups excluding tert-OH is 1. The third kappa shape index (κ3) is 3.33. The molecule has 0 heterocycles. The molecule has 4 N–H and O–H groups in total. The first-order chi connectivity index (χ1) is 8.12. The number of aliphatic hydroxyl groups is 1. The normalized spacial score (nSPS) is 11.8. The Kier molecular flexibility index (Phi) is 4.74. The van der Waals surface area contributed by atoms with Crippen molar-refractivity contribution < 1.29 is 19.4 Å². The smallest absolute Gasteiger partial charge is 0.236 e. The Morgan fingerprint density at radius 3 is 2.59 bits per heavy atom. The fourth-order valence-electron chi connectivity index (χ4n) is 1.41. The van der Waals surface area contributed by atoms with E-state index >= 15 is 0 Å². The molecule has 94 valence electrons. The number of rotatable bonds is 5. The van der Waals surface area contributed by atoms with Gasteiger partial charge in [-0.05, 0) is 17.7 Å². The first kappa shape index (κ1) is 13.3. The van der Waals surface area contributed by atoms with Crippen molar-refractivity contribution in [3.63, 3.8) is 0 Å². The summed E-state index contributed by atoms with van der Waals surface area (Å²) in [6.45, 7) is 0. The number of hydrogen-bond acceptors (Lipinski definition) is 5. The molecule has 17 heavy (non-hydrogen) atoms. The number of hydrazine groups is 1. The van der Waals surface area contributed by atoms with Gasteiger partial charge in [-0.1, -0.05) is 6.07 Å². The van der Waals surface area contributed by atoms with E-state index in [-0.39, 0.29) is 6.42 Å². The molecule has 1 rings (SSSR count). The molecule has 0 radical (unpaired) electrons. The zero-order valence-corrected chi connectivity index (χ0v) is 9.77. The van der Waals surface area contributed by atoms with Crippen molar-refractivity contribution in [1.29, 1.82) is 0 Å². The molecular formula is C11H16N2O4. The van der Waals surface area contributed by atoms with Crippen molar-refractivity contribution in [3.05, 3.63) is 23.8 Å². The molecule has 1 unspecified atom stereocenters. The van der Waals surface area contributed by atoms with Gasteiger partial charge in [0.1, 0.15) is 0 Å². The van der Waals surface area contributed by atoms with E-state index in [1.54, 1.807) is 18.2 Å². The quantitative estimate of drug-likeness (QED) is 0.386. The lowest BCUT2D eigenvalue weighted by atomic mass is 10.1. The molecule has 1 aromatic rings. The zero-order valence-electron chi connectivity index (χ0n) is 9.77. The van der Waals surface area contributed by atoms with Crippen LogP contribution in [0.5, 0.6) is 11.5 Å². The Labute approximate surface area is 99.3 Å². The van der Waals surface area contributed by atoms with E-state index in [9.17, 15) is 9.90 Å². The van der Waals surface area contributed by atoms with Crippen LogP contribution in [0.15, 0.2) is 18.2 Å². The highest BCUT2D eigenvalue weighted by molar-refractivity contribution is 5.75. The summed E-state index contributed by atoms with van der Waals surface area (Å²) in [5, 5.41) is 9.79. The first-order valence-electron chi connectivity index (χ1n) is 5.01. The summed E-state index contributed by atoms with van der Waals surface area (Å²) in [4.78, 5) is 11.0. The molecule has 1 aromatic carbocycles. The molecule has 6 nitrogen and oxygen atoms in total. The van der Waals surface area contributed by atoms with Crippen molar-refractivity contribution in [3.8, 4) is 11.5 Å². The standard InChI is InChI=1S/C11H16N2O4/c1-16-9-4-3-7(5-10(9)17-2)8(14)6-11(15)13-12/h3-5,8,14H,6,12H2,1-2H3,(H,13,15). The fraction of sp³-hybridized carbons (Fsp3) is 0.364. The third-order valence-electron chi connectivity index (χ3n) is 2.33. The van der Waals surface area contributed by atoms with Gasteiger partial charge in [-0.3, -0.25) is 10.2 Å². The van der Waals surface area contributed by atoms with Gasteiger partial charge in [0.25, 0.3) is 0 Å². The van der Waals surface area contributed by atoms with E-state index in [4.69, 9.17) is 15.3 Å². The summed E-state index contributed by atoms with van der Waals surface area (Å²) in [5.41, 5.74) is 2.52. The molecule has 0 aliphatic carbocycles. The zero-order chi connectivity index (χ0) is 12.8. The summed E-state index contributed by atoms with van der Waals surface area (Å²) in [6.07, 6.45) is -1.04. The molecule has 0 aliphatic heterocycles. The molecule has 6 heteroatoms. The maximum atomic E-state index is 11.0. The second-order valence-electron chi connectivity index (χ2n) is 3.40. The predicted octanol–water partition coefficient (Wildman–Crippen LogP) is 0.117. The maximum Gasteiger partial charge on any atom is 0.236 e. The van der Waals surface area contributed by atoms with Crippen LogP contribution < -0.4 is 20.7 Å². The van der Waals surface area contributed by atoms with Crippen LogP contribution in [0.4, 0.5) is 0 Å². The van der Waals surface area contributed by atoms with Gasteiger partial charge in [-0.2, -0.15) is 0 Å². The van der Waals surface area contributed by atoms with Crippen LogP contribution >= 0.6 is 0 Å². The Morgan fingerprint density at radius 1 is 1.41 bits per heavy atom. The van der Waals surface area contributed by atoms with Crippen molar-refractivity contribution in [2.45, 2.75) is 12.5 Å². The number of amides is 1. The van der Waals surface area contributed by atoms with Gasteiger partial charge in [0.05, 0.1) is 26.7 Å². The maximum absolute atomic E-state index is 11.0. The Bertz CT molecular complexity index is 395. The molecule has 0 fully saturated rings. The summed E-state index contributed by atoms with van der Waals surface area (Å²) in [7, 11) is 3.02. The molecular weight excluding hydrogens is 224 g/mol. The second-order valence-corrected chi connectivity index (χ2v) is 3.40. The molecule has 0 aromatic heterocycles. The third-order valence-corrected chi connectivity index (χ3v) is 2.33. The number of hydrogen-bond donors (Lipinski definition) is 3. The van der Waals surface area contributed by atoms with Gasteiger partial charge >= 0.3 is 0 Å². The minimum atomic E-state index is -0.932. The van der Waals surface area contributed by atoms with Gasteiger partial charge in [0.15, 0.2) is 11.5 Å². The van der Waals surface area contributed by atoms with E-state index in [1.165, 1.54) is 14.2 Å². The van der Waals surface area contributed by atoms with E-state index in [0.29, 0.717) is 17.1 Å². The Morgan fingerprint density at radius 2 is 2.06 bits per heavy atom. The number of carbonyl (C=O) groups is 1. The minimum absolute atomic E-state index is 0.105. The largest absolute Gasteiger partial charge is 0.493 e. The summed E-state index contributed by atoms with van der Waals surface area (Å²) < 4.78 is 10.2. The van der Waals surface area contributed by atoms with Crippen molar-refractivity contribution in [1.82, 2.24) is 5.43 Å². The highest BCUT2D eigenvalue weighted by Gasteiger charge is 2.14. The number of carbonyl (C=O) groups excluding carboxylic acids is 1. The van der Waals surface area contributed by atoms with Crippen LogP contribution in [-0.2, 0) is 4.79 Å². The lowest BCUT2D eigenvalue weighted by molar-refractivity contribution is -0.123. The Balaban J connectivity index is 2.87. The highest BCUT2D eigenvalue weighted by atomic mass is 16.5. The van der Waals surface area contributed by atoms with Crippen LogP contribution in [0.25, 0.3) is 0 Å². The van der Waals surface area contributed by atoms with Crippen LogP contribution in [0.3, 0.4) is 0 Å². The van der Waals surface area contributed by atoms with Gasteiger partial charge in [0, 0.05) is 0 Å². The van der Waals surface area contributed by atoms with Gasteiger partial charge < -0.3 is 14.6 Å². The lowest BCUT2D eigenvalue weighted by Crippen LogP contribution is -2.31. The van der Waals surface area contributed by atoms with Crippen LogP contribution in [0.2, 0.25) is 0 Å². The SMILES string of the molecule is COc1ccc(C(O)CC(=O)NN)cc1OC. The highest BCUT2D eigenvalue weighted by Crippen LogP contribution is 2.30. The molecule has 0 bridgehead atoms. The Hall–Kier alpha value is -1.79. The number of nitrogens with two attached hydrogens (primary N) is 1. The van der Waals surface area contributed by atoms with Crippen molar-refractivity contribution in [2.75, 3.05) is 14.2 Å². The average molecular weight is 240 g/mol. The number of methoxy groups -OCH3 is 2. The van der Waals surface area contributed by atoms with Gasteiger partial charge in [-0.25, -0.2) is 5.84 Å². The van der Waals surface area contributed by atoms with Crippen molar-refractivity contribution in [2.24, 2.45) is 5.84 Å².